The standard InChI is InChI=1S/C81H138O17P2/c1-5-9-13-17-21-25-29-32-35-36-37-38-41-43-47-50-54-58-62-66-79(84)92-72-77(98-81(86)68-64-60-56-52-48-44-40-34-31-27-23-19-15-11-7-3)74-96-100(89,90)94-70-75(82)69-93-99(87,88)95-73-76(97-80(85)67-63-59-55-51-45-28-24-20-16-12-8-4)71-91-78(83)65-61-57-53-49-46-42-39-33-30-26-22-18-14-10-6-2/h9,11,13,15,20-27,32-35,37-40,75-77,82H,5-8,10,12,14,16-19,28-31,36,41-74H2,1-4H3,(H,87,88)(H,89,90)/b13-9-,15-11-,24-20-,25-21-,26-22-,27-23-,35-32-,38-37-,39-33-,40-34-. The van der Waals surface area contributed by atoms with Crippen molar-refractivity contribution in [3.8, 4) is 0 Å². The van der Waals surface area contributed by atoms with Crippen LogP contribution in [0.25, 0.3) is 0 Å². The average molecular weight is 1450 g/mol. The van der Waals surface area contributed by atoms with Gasteiger partial charge in [-0.2, -0.15) is 0 Å². The molecule has 17 nitrogen and oxygen atoms in total. The largest absolute Gasteiger partial charge is 0.472 e. The van der Waals surface area contributed by atoms with Crippen molar-refractivity contribution >= 4 is 39.5 Å². The van der Waals surface area contributed by atoms with Crippen LogP contribution in [0.3, 0.4) is 0 Å². The van der Waals surface area contributed by atoms with Crippen LogP contribution in [0.5, 0.6) is 0 Å². The molecular formula is C81H138O17P2. The van der Waals surface area contributed by atoms with Gasteiger partial charge >= 0.3 is 39.5 Å². The summed E-state index contributed by atoms with van der Waals surface area (Å²) in [6.07, 6.45) is 79.0. The minimum atomic E-state index is -4.99. The number of carbonyl (C=O) groups excluding carboxylic acids is 4. The summed E-state index contributed by atoms with van der Waals surface area (Å²) in [5.74, 6) is -2.23. The van der Waals surface area contributed by atoms with Gasteiger partial charge in [-0.1, -0.05) is 258 Å². The van der Waals surface area contributed by atoms with Gasteiger partial charge in [0.05, 0.1) is 26.4 Å². The fourth-order valence-electron chi connectivity index (χ4n) is 10.0. The van der Waals surface area contributed by atoms with Gasteiger partial charge in [0.25, 0.3) is 0 Å². The minimum absolute atomic E-state index is 0.0694. The molecule has 0 radical (unpaired) electrons. The average Bonchev–Trinajstić information content (AvgIpc) is 0.985. The molecule has 0 heterocycles. The Morgan fingerprint density at radius 1 is 0.290 bits per heavy atom. The van der Waals surface area contributed by atoms with Crippen LogP contribution in [0, 0.1) is 0 Å². The molecule has 0 spiro atoms. The van der Waals surface area contributed by atoms with Crippen LogP contribution in [0.15, 0.2) is 122 Å². The molecule has 0 bridgehead atoms. The third-order valence-electron chi connectivity index (χ3n) is 15.9. The van der Waals surface area contributed by atoms with Crippen molar-refractivity contribution in [2.75, 3.05) is 39.6 Å². The number of unbranched alkanes of at least 4 members (excludes halogenated alkanes) is 26. The van der Waals surface area contributed by atoms with Crippen molar-refractivity contribution in [1.29, 1.82) is 0 Å². The molecule has 0 rings (SSSR count). The molecule has 5 unspecified atom stereocenters. The van der Waals surface area contributed by atoms with Crippen molar-refractivity contribution in [2.45, 2.75) is 329 Å². The first-order chi connectivity index (χ1) is 48.7. The van der Waals surface area contributed by atoms with Crippen molar-refractivity contribution in [3.05, 3.63) is 122 Å². The second-order valence-corrected chi connectivity index (χ2v) is 28.4. The molecule has 0 aromatic heterocycles. The van der Waals surface area contributed by atoms with E-state index in [2.05, 4.69) is 149 Å². The lowest BCUT2D eigenvalue weighted by Crippen LogP contribution is -2.30. The third kappa shape index (κ3) is 71.8. The summed E-state index contributed by atoms with van der Waals surface area (Å²) in [6.45, 7) is 4.53. The summed E-state index contributed by atoms with van der Waals surface area (Å²) in [4.78, 5) is 72.9. The maximum atomic E-state index is 13.1. The zero-order valence-electron chi connectivity index (χ0n) is 62.6. The zero-order chi connectivity index (χ0) is 73.2. The Morgan fingerprint density at radius 3 is 0.840 bits per heavy atom. The summed E-state index contributed by atoms with van der Waals surface area (Å²) in [7, 11) is -9.97. The maximum Gasteiger partial charge on any atom is 0.472 e. The van der Waals surface area contributed by atoms with E-state index in [-0.39, 0.29) is 25.7 Å². The summed E-state index contributed by atoms with van der Waals surface area (Å²) in [5.41, 5.74) is 0. The highest BCUT2D eigenvalue weighted by molar-refractivity contribution is 7.47. The first-order valence-electron chi connectivity index (χ1n) is 38.8. The van der Waals surface area contributed by atoms with Crippen molar-refractivity contribution in [3.63, 3.8) is 0 Å². The molecule has 5 atom stereocenters. The van der Waals surface area contributed by atoms with E-state index in [0.717, 1.165) is 199 Å². The fraction of sp³-hybridized carbons (Fsp3) is 0.704. The molecule has 0 aromatic rings. The molecule has 0 aliphatic rings. The topological polar surface area (TPSA) is 237 Å². The Balaban J connectivity index is 5.36. The van der Waals surface area contributed by atoms with E-state index in [4.69, 9.17) is 37.0 Å². The summed E-state index contributed by atoms with van der Waals surface area (Å²) in [6, 6.07) is 0. The van der Waals surface area contributed by atoms with Crippen LogP contribution in [-0.2, 0) is 65.4 Å². The number of phosphoric acid groups is 2. The van der Waals surface area contributed by atoms with Crippen LogP contribution in [-0.4, -0.2) is 96.7 Å². The molecule has 19 heteroatoms. The van der Waals surface area contributed by atoms with Crippen molar-refractivity contribution in [1.82, 2.24) is 0 Å². The Hall–Kier alpha value is -4.54. The third-order valence-corrected chi connectivity index (χ3v) is 17.8. The van der Waals surface area contributed by atoms with Gasteiger partial charge in [0.15, 0.2) is 12.2 Å². The van der Waals surface area contributed by atoms with Crippen LogP contribution in [0.4, 0.5) is 0 Å². The number of allylic oxidation sites excluding steroid dienone is 20. The molecule has 0 saturated heterocycles. The molecule has 574 valence electrons. The SMILES string of the molecule is CC/C=C\C/C=C\C/C=C\C/C=C\CCCCCCCCC(=O)OCC(COP(=O)(O)OCC(O)COP(=O)(O)OCC(COC(=O)CCCCCCC/C=C\C/C=C\CCCCC)OC(=O)CCCCCCC/C=C\CCCC)OC(=O)CCCCCCC/C=C\C/C=C\C/C=C\CC. The monoisotopic (exact) mass is 1440 g/mol. The van der Waals surface area contributed by atoms with E-state index in [1.54, 1.807) is 0 Å². The molecule has 100 heavy (non-hydrogen) atoms. The second-order valence-electron chi connectivity index (χ2n) is 25.5. The summed E-state index contributed by atoms with van der Waals surface area (Å²) in [5, 5.41) is 10.6. The van der Waals surface area contributed by atoms with Gasteiger partial charge in [-0.25, -0.2) is 9.13 Å². The van der Waals surface area contributed by atoms with Gasteiger partial charge in [-0.3, -0.25) is 37.3 Å². The number of esters is 4. The number of aliphatic hydroxyl groups is 1. The van der Waals surface area contributed by atoms with Gasteiger partial charge in [0, 0.05) is 25.7 Å². The van der Waals surface area contributed by atoms with Gasteiger partial charge in [0.2, 0.25) is 0 Å². The van der Waals surface area contributed by atoms with E-state index in [0.29, 0.717) is 25.7 Å². The number of rotatable bonds is 72. The van der Waals surface area contributed by atoms with Gasteiger partial charge in [-0.05, 0) is 148 Å². The second kappa shape index (κ2) is 72.8. The molecule has 0 saturated carbocycles. The van der Waals surface area contributed by atoms with Gasteiger partial charge in [-0.15, -0.1) is 0 Å². The normalized spacial score (nSPS) is 14.6. The highest BCUT2D eigenvalue weighted by Gasteiger charge is 2.30. The lowest BCUT2D eigenvalue weighted by atomic mass is 10.1. The smallest absolute Gasteiger partial charge is 0.462 e. The molecule has 0 aliphatic heterocycles. The van der Waals surface area contributed by atoms with E-state index in [9.17, 15) is 43.2 Å². The molecular weight excluding hydrogens is 1310 g/mol. The van der Waals surface area contributed by atoms with Gasteiger partial charge < -0.3 is 33.8 Å². The number of hydrogen-bond acceptors (Lipinski definition) is 15. The predicted octanol–water partition coefficient (Wildman–Crippen LogP) is 22.3. The molecule has 3 N–H and O–H groups in total. The predicted molar refractivity (Wildman–Crippen MR) is 408 cm³/mol. The van der Waals surface area contributed by atoms with E-state index in [1.807, 2.05) is 0 Å². The van der Waals surface area contributed by atoms with Crippen molar-refractivity contribution < 1.29 is 80.2 Å². The van der Waals surface area contributed by atoms with Crippen LogP contribution in [0.1, 0.15) is 310 Å². The lowest BCUT2D eigenvalue weighted by molar-refractivity contribution is -0.161. The Kier molecular flexibility index (Phi) is 69.5. The van der Waals surface area contributed by atoms with Crippen molar-refractivity contribution in [2.24, 2.45) is 0 Å². The highest BCUT2D eigenvalue weighted by Crippen LogP contribution is 2.45. The van der Waals surface area contributed by atoms with Gasteiger partial charge in [0.1, 0.15) is 19.3 Å². The number of phosphoric ester groups is 2. The Labute approximate surface area is 606 Å². The Bertz CT molecular complexity index is 2370. The number of carbonyl (C=O) groups is 4. The van der Waals surface area contributed by atoms with E-state index < -0.39 is 97.5 Å². The minimum Gasteiger partial charge on any atom is -0.462 e. The molecule has 0 fully saturated rings. The summed E-state index contributed by atoms with van der Waals surface area (Å²) >= 11 is 0. The number of hydrogen-bond donors (Lipinski definition) is 3. The van der Waals surface area contributed by atoms with E-state index >= 15 is 0 Å². The van der Waals surface area contributed by atoms with Crippen LogP contribution in [0.2, 0.25) is 0 Å². The maximum absolute atomic E-state index is 13.1. The quantitative estimate of drug-likeness (QED) is 0.0169. The number of aliphatic hydroxyl groups excluding tert-OH is 1. The van der Waals surface area contributed by atoms with Crippen LogP contribution < -0.4 is 0 Å². The van der Waals surface area contributed by atoms with Crippen LogP contribution >= 0.6 is 15.6 Å². The molecule has 0 aliphatic carbocycles. The molecule has 0 amide bonds. The first-order valence-corrected chi connectivity index (χ1v) is 41.8. The Morgan fingerprint density at radius 2 is 0.530 bits per heavy atom. The number of ether oxygens (including phenoxy) is 4. The highest BCUT2D eigenvalue weighted by atomic mass is 31.2. The zero-order valence-corrected chi connectivity index (χ0v) is 64.4. The summed E-state index contributed by atoms with van der Waals surface area (Å²) < 4.78 is 68.5. The first kappa shape index (κ1) is 95.5. The fourth-order valence-corrected chi connectivity index (χ4v) is 11.6. The van der Waals surface area contributed by atoms with E-state index in [1.165, 1.54) is 32.1 Å². The molecule has 0 aromatic carbocycles. The lowest BCUT2D eigenvalue weighted by Gasteiger charge is -2.21.